The fourth-order valence-corrected chi connectivity index (χ4v) is 2.80. The van der Waals surface area contributed by atoms with Gasteiger partial charge in [0.15, 0.2) is 0 Å². The van der Waals surface area contributed by atoms with Gasteiger partial charge in [-0.05, 0) is 19.3 Å². The number of rotatable bonds is 18. The molecule has 0 aliphatic heterocycles. The lowest BCUT2D eigenvalue weighted by Gasteiger charge is -2.05. The Kier molecular flexibility index (Phi) is 18.5. The fourth-order valence-electron chi connectivity index (χ4n) is 2.80. The third-order valence-corrected chi connectivity index (χ3v) is 4.33. The van der Waals surface area contributed by atoms with Crippen molar-refractivity contribution in [3.05, 3.63) is 0 Å². The zero-order chi connectivity index (χ0) is 17.0. The Labute approximate surface area is 144 Å². The highest BCUT2D eigenvalue weighted by atomic mass is 16.1. The van der Waals surface area contributed by atoms with Gasteiger partial charge in [-0.1, -0.05) is 77.6 Å². The van der Waals surface area contributed by atoms with Crippen molar-refractivity contribution in [3.63, 3.8) is 0 Å². The maximum Gasteiger partial charge on any atom is 0.219 e. The topological polar surface area (TPSA) is 46.2 Å². The molecule has 0 atom stereocenters. The van der Waals surface area contributed by atoms with E-state index in [-0.39, 0.29) is 5.91 Å². The minimum atomic E-state index is 0.217. The molecule has 0 radical (unpaired) electrons. The van der Waals surface area contributed by atoms with E-state index in [2.05, 4.69) is 12.2 Å². The number of hydrogen-bond acceptors (Lipinski definition) is 2. The molecule has 23 heavy (non-hydrogen) atoms. The van der Waals surface area contributed by atoms with Gasteiger partial charge in [-0.25, -0.2) is 0 Å². The molecule has 0 heterocycles. The Morgan fingerprint density at radius 2 is 1.26 bits per heavy atom. The summed E-state index contributed by atoms with van der Waals surface area (Å²) in [6.07, 6.45) is 19.5. The predicted octanol–water partition coefficient (Wildman–Crippen LogP) is 5.56. The molecule has 0 saturated carbocycles. The number of nitrogens with one attached hydrogen (secondary N) is 1. The second-order valence-electron chi connectivity index (χ2n) is 6.65. The Bertz CT molecular complexity index is 266. The molecule has 136 valence electrons. The average molecular weight is 326 g/mol. The molecular weight excluding hydrogens is 286 g/mol. The number of hydrogen-bond donors (Lipinski definition) is 1. The van der Waals surface area contributed by atoms with Crippen LogP contribution in [0.5, 0.6) is 0 Å². The van der Waals surface area contributed by atoms with Crippen molar-refractivity contribution >= 4 is 12.2 Å². The maximum atomic E-state index is 11.7. The molecule has 0 aliphatic carbocycles. The number of unbranched alkanes of at least 4 members (excludes halogenated alkanes) is 13. The minimum absolute atomic E-state index is 0.217. The molecule has 1 N–H and O–H groups in total. The van der Waals surface area contributed by atoms with E-state index in [0.717, 1.165) is 44.9 Å². The molecule has 0 aliphatic rings. The van der Waals surface area contributed by atoms with Crippen LogP contribution >= 0.6 is 0 Å². The summed E-state index contributed by atoms with van der Waals surface area (Å²) in [7, 11) is 0. The molecule has 0 rings (SSSR count). The van der Waals surface area contributed by atoms with Gasteiger partial charge in [-0.2, -0.15) is 0 Å². The first-order chi connectivity index (χ1) is 11.3. The average Bonchev–Trinajstić information content (AvgIpc) is 2.56. The Morgan fingerprint density at radius 3 is 1.87 bits per heavy atom. The summed E-state index contributed by atoms with van der Waals surface area (Å²) in [5.41, 5.74) is 0. The van der Waals surface area contributed by atoms with Gasteiger partial charge in [0.2, 0.25) is 5.91 Å². The van der Waals surface area contributed by atoms with Crippen LogP contribution in [0.15, 0.2) is 0 Å². The van der Waals surface area contributed by atoms with Crippen LogP contribution in [-0.2, 0) is 9.59 Å². The summed E-state index contributed by atoms with van der Waals surface area (Å²) in [6, 6.07) is 0. The Morgan fingerprint density at radius 1 is 0.739 bits per heavy atom. The van der Waals surface area contributed by atoms with Crippen LogP contribution in [0.1, 0.15) is 110 Å². The highest BCUT2D eigenvalue weighted by molar-refractivity contribution is 5.75. The summed E-state index contributed by atoms with van der Waals surface area (Å²) in [5.74, 6) is 0.217. The van der Waals surface area contributed by atoms with E-state index in [4.69, 9.17) is 0 Å². The molecule has 0 saturated heterocycles. The second kappa shape index (κ2) is 19.2. The van der Waals surface area contributed by atoms with Crippen molar-refractivity contribution < 1.29 is 9.59 Å². The van der Waals surface area contributed by atoms with E-state index in [0.29, 0.717) is 12.8 Å². The predicted molar refractivity (Wildman–Crippen MR) is 98.6 cm³/mol. The Hall–Kier alpha value is -0.860. The lowest BCUT2D eigenvalue weighted by atomic mass is 10.1. The minimum Gasteiger partial charge on any atom is -0.356 e. The van der Waals surface area contributed by atoms with Crippen LogP contribution in [0.2, 0.25) is 0 Å². The van der Waals surface area contributed by atoms with E-state index < -0.39 is 0 Å². The van der Waals surface area contributed by atoms with E-state index in [9.17, 15) is 9.59 Å². The van der Waals surface area contributed by atoms with Crippen LogP contribution in [0.25, 0.3) is 0 Å². The quantitative estimate of drug-likeness (QED) is 0.265. The number of carbonyl (C=O) groups is 2. The smallest absolute Gasteiger partial charge is 0.219 e. The standard InChI is InChI=1S/C20H39NO2/c1-2-3-4-5-6-9-12-15-18-21-20(23)17-14-11-8-7-10-13-16-19-22/h19H,2-18H2,1H3,(H,21,23). The molecular formula is C20H39NO2. The lowest BCUT2D eigenvalue weighted by Crippen LogP contribution is -2.23. The molecule has 0 aromatic heterocycles. The highest BCUT2D eigenvalue weighted by Crippen LogP contribution is 2.09. The lowest BCUT2D eigenvalue weighted by molar-refractivity contribution is -0.121. The molecule has 0 bridgehead atoms. The van der Waals surface area contributed by atoms with Crippen LogP contribution in [0, 0.1) is 0 Å². The van der Waals surface area contributed by atoms with Gasteiger partial charge in [0.05, 0.1) is 0 Å². The van der Waals surface area contributed by atoms with Crippen LogP contribution in [0.4, 0.5) is 0 Å². The summed E-state index contributed by atoms with van der Waals surface area (Å²) < 4.78 is 0. The van der Waals surface area contributed by atoms with Crippen molar-refractivity contribution in [2.45, 2.75) is 110 Å². The largest absolute Gasteiger partial charge is 0.356 e. The fraction of sp³-hybridized carbons (Fsp3) is 0.900. The van der Waals surface area contributed by atoms with Gasteiger partial charge in [0, 0.05) is 19.4 Å². The van der Waals surface area contributed by atoms with Crippen molar-refractivity contribution in [2.75, 3.05) is 6.54 Å². The second-order valence-corrected chi connectivity index (χ2v) is 6.65. The first-order valence-corrected chi connectivity index (χ1v) is 10.0. The van der Waals surface area contributed by atoms with Gasteiger partial charge >= 0.3 is 0 Å². The summed E-state index contributed by atoms with van der Waals surface area (Å²) >= 11 is 0. The molecule has 3 heteroatoms. The maximum absolute atomic E-state index is 11.7. The summed E-state index contributed by atoms with van der Waals surface area (Å²) in [6.45, 7) is 3.10. The van der Waals surface area contributed by atoms with E-state index in [1.165, 1.54) is 57.8 Å². The first kappa shape index (κ1) is 22.1. The Balaban J connectivity index is 3.14. The SMILES string of the molecule is CCCCCCCCCCNC(=O)CCCCCCCCC=O. The molecule has 3 nitrogen and oxygen atoms in total. The van der Waals surface area contributed by atoms with Crippen molar-refractivity contribution in [3.8, 4) is 0 Å². The van der Waals surface area contributed by atoms with Gasteiger partial charge in [-0.15, -0.1) is 0 Å². The summed E-state index contributed by atoms with van der Waals surface area (Å²) in [5, 5.41) is 3.03. The normalized spacial score (nSPS) is 10.7. The van der Waals surface area contributed by atoms with E-state index in [1.807, 2.05) is 0 Å². The van der Waals surface area contributed by atoms with Gasteiger partial charge in [-0.3, -0.25) is 4.79 Å². The van der Waals surface area contributed by atoms with Gasteiger partial charge < -0.3 is 10.1 Å². The van der Waals surface area contributed by atoms with Crippen molar-refractivity contribution in [1.29, 1.82) is 0 Å². The van der Waals surface area contributed by atoms with Crippen molar-refractivity contribution in [1.82, 2.24) is 5.32 Å². The van der Waals surface area contributed by atoms with Gasteiger partial charge in [0.25, 0.3) is 0 Å². The molecule has 1 amide bonds. The zero-order valence-electron chi connectivity index (χ0n) is 15.4. The number of aldehydes is 1. The molecule has 0 unspecified atom stereocenters. The first-order valence-electron chi connectivity index (χ1n) is 10.0. The number of carbonyl (C=O) groups excluding carboxylic acids is 2. The molecule has 0 aromatic rings. The monoisotopic (exact) mass is 325 g/mol. The van der Waals surface area contributed by atoms with Crippen molar-refractivity contribution in [2.24, 2.45) is 0 Å². The molecule has 0 aromatic carbocycles. The third-order valence-electron chi connectivity index (χ3n) is 4.33. The van der Waals surface area contributed by atoms with Crippen LogP contribution < -0.4 is 5.32 Å². The molecule has 0 spiro atoms. The van der Waals surface area contributed by atoms with Crippen LogP contribution in [0.3, 0.4) is 0 Å². The van der Waals surface area contributed by atoms with E-state index >= 15 is 0 Å². The summed E-state index contributed by atoms with van der Waals surface area (Å²) in [4.78, 5) is 21.8. The zero-order valence-corrected chi connectivity index (χ0v) is 15.4. The van der Waals surface area contributed by atoms with Crippen LogP contribution in [-0.4, -0.2) is 18.7 Å². The van der Waals surface area contributed by atoms with Gasteiger partial charge in [0.1, 0.15) is 6.29 Å². The number of amides is 1. The third kappa shape index (κ3) is 19.1. The highest BCUT2D eigenvalue weighted by Gasteiger charge is 2.00. The van der Waals surface area contributed by atoms with E-state index in [1.54, 1.807) is 0 Å². The molecule has 0 fully saturated rings.